The average Bonchev–Trinajstić information content (AvgIpc) is 3.75. The number of carbonyl (C=O) groups is 3. The van der Waals surface area contributed by atoms with E-state index in [1.807, 2.05) is 29.6 Å². The molecule has 2 atom stereocenters. The summed E-state index contributed by atoms with van der Waals surface area (Å²) < 4.78 is 12.5. The maximum Gasteiger partial charge on any atom is 0.321 e. The maximum absolute atomic E-state index is 13.6. The number of carbonyl (C=O) groups excluding carboxylic acids is 2. The van der Waals surface area contributed by atoms with Gasteiger partial charge in [-0.25, -0.2) is 0 Å². The predicted molar refractivity (Wildman–Crippen MR) is 154 cm³/mol. The van der Waals surface area contributed by atoms with E-state index in [4.69, 9.17) is 20.3 Å². The van der Waals surface area contributed by atoms with Crippen LogP contribution in [0.2, 0.25) is 0 Å². The Balaban J connectivity index is 1.45. The van der Waals surface area contributed by atoms with E-state index < -0.39 is 17.9 Å². The molecule has 0 spiro atoms. The molecule has 3 N–H and O–H groups in total. The van der Waals surface area contributed by atoms with Crippen molar-refractivity contribution in [3.63, 3.8) is 0 Å². The van der Waals surface area contributed by atoms with E-state index in [1.54, 1.807) is 21.9 Å². The Bertz CT molecular complexity index is 1370. The van der Waals surface area contributed by atoms with Crippen LogP contribution in [0.25, 0.3) is 0 Å². The summed E-state index contributed by atoms with van der Waals surface area (Å²) in [6.07, 6.45) is 0.457. The van der Waals surface area contributed by atoms with Crippen LogP contribution in [0.3, 0.4) is 0 Å². The van der Waals surface area contributed by atoms with Crippen LogP contribution < -0.4 is 10.5 Å². The van der Waals surface area contributed by atoms with Crippen molar-refractivity contribution in [1.29, 1.82) is 0 Å². The van der Waals surface area contributed by atoms with E-state index in [1.165, 1.54) is 34.9 Å². The Morgan fingerprint density at radius 2 is 1.88 bits per heavy atom. The van der Waals surface area contributed by atoms with E-state index in [0.29, 0.717) is 72.9 Å². The molecular weight excluding hydrogens is 566 g/mol. The summed E-state index contributed by atoms with van der Waals surface area (Å²) in [4.78, 5) is 43.0. The lowest BCUT2D eigenvalue weighted by molar-refractivity contribution is -0.144. The number of aliphatic carboxylic acids is 1. The minimum absolute atomic E-state index is 0.00891. The smallest absolute Gasteiger partial charge is 0.321 e. The maximum atomic E-state index is 13.6. The summed E-state index contributed by atoms with van der Waals surface area (Å²) in [7, 11) is 1.50. The Kier molecular flexibility index (Phi) is 9.40. The largest absolute Gasteiger partial charge is 0.492 e. The Morgan fingerprint density at radius 1 is 1.15 bits per heavy atom. The number of hydrogen-bond donors (Lipinski definition) is 2. The van der Waals surface area contributed by atoms with Gasteiger partial charge in [-0.15, -0.1) is 11.3 Å². The predicted octanol–water partition coefficient (Wildman–Crippen LogP) is 2.49. The second-order valence-corrected chi connectivity index (χ2v) is 11.8. The first-order valence-electron chi connectivity index (χ1n) is 13.4. The van der Waals surface area contributed by atoms with Crippen LogP contribution in [-0.4, -0.2) is 95.0 Å². The van der Waals surface area contributed by atoms with Crippen LogP contribution in [0, 0.1) is 0 Å². The molecule has 218 valence electrons. The van der Waals surface area contributed by atoms with Gasteiger partial charge in [0.15, 0.2) is 5.75 Å². The number of hydrogen-bond acceptors (Lipinski definition) is 10. The van der Waals surface area contributed by atoms with Gasteiger partial charge in [-0.05, 0) is 29.0 Å². The number of benzene rings is 1. The van der Waals surface area contributed by atoms with Crippen molar-refractivity contribution in [1.82, 2.24) is 19.6 Å². The molecule has 2 aromatic heterocycles. The van der Waals surface area contributed by atoms with Gasteiger partial charge in [0, 0.05) is 37.8 Å². The monoisotopic (exact) mass is 599 g/mol. The lowest BCUT2D eigenvalue weighted by Crippen LogP contribution is -2.48. The van der Waals surface area contributed by atoms with Crippen molar-refractivity contribution in [3.05, 3.63) is 63.5 Å². The molecule has 11 nitrogen and oxygen atoms in total. The first kappa shape index (κ1) is 29.3. The minimum atomic E-state index is -1.04. The van der Waals surface area contributed by atoms with Crippen molar-refractivity contribution in [2.24, 2.45) is 5.73 Å². The highest BCUT2D eigenvalue weighted by molar-refractivity contribution is 7.98. The molecular formula is C28H33N5O6S2. The number of thioether (sulfide) groups is 1. The zero-order valence-corrected chi connectivity index (χ0v) is 24.4. The molecule has 0 aliphatic carbocycles. The van der Waals surface area contributed by atoms with E-state index in [0.717, 1.165) is 11.1 Å². The molecule has 1 amide bonds. The Hall–Kier alpha value is -3.23. The van der Waals surface area contributed by atoms with Crippen molar-refractivity contribution >= 4 is 40.9 Å². The summed E-state index contributed by atoms with van der Waals surface area (Å²) in [5.41, 5.74) is 8.19. The third-order valence-corrected chi connectivity index (χ3v) is 9.37. The standard InChI is InChI=1S/C28H33N5O6S2/c1-38-25-23(20-8-9-32(24(20)28(36)37)16-22(34)31-10-12-39-13-11-31)30-33(26(35)21-3-2-14-40-21)27(25)41-17-19-6-4-18(15-29)5-7-19/h2-7,14,20,24H,8-13,15-17,29H2,1H3,(H,36,37). The molecule has 2 saturated heterocycles. The quantitative estimate of drug-likeness (QED) is 0.334. The molecule has 2 fully saturated rings. The molecule has 2 aliphatic heterocycles. The summed E-state index contributed by atoms with van der Waals surface area (Å²) >= 11 is 2.71. The van der Waals surface area contributed by atoms with Crippen LogP contribution in [0.1, 0.15) is 38.8 Å². The lowest BCUT2D eigenvalue weighted by atomic mass is 9.96. The van der Waals surface area contributed by atoms with E-state index >= 15 is 0 Å². The number of nitrogens with zero attached hydrogens (tertiary/aromatic N) is 4. The summed E-state index contributed by atoms with van der Waals surface area (Å²) in [5.74, 6) is -1.12. The number of amides is 1. The van der Waals surface area contributed by atoms with Crippen LogP contribution in [0.4, 0.5) is 0 Å². The topological polar surface area (TPSA) is 140 Å². The summed E-state index contributed by atoms with van der Waals surface area (Å²) in [6.45, 7) is 2.78. The highest BCUT2D eigenvalue weighted by Gasteiger charge is 2.45. The fourth-order valence-corrected chi connectivity index (χ4v) is 6.97. The van der Waals surface area contributed by atoms with Crippen molar-refractivity contribution in [3.8, 4) is 5.75 Å². The molecule has 4 heterocycles. The van der Waals surface area contributed by atoms with Gasteiger partial charge in [-0.2, -0.15) is 9.78 Å². The SMILES string of the molecule is COc1c(C2CCN(CC(=O)N3CCOCC3)C2C(=O)O)nn(C(=O)c2cccs2)c1SCc1ccc(CN)cc1. The number of carboxylic acids is 1. The molecule has 1 aromatic carbocycles. The van der Waals surface area contributed by atoms with Gasteiger partial charge in [0.2, 0.25) is 5.91 Å². The van der Waals surface area contributed by atoms with E-state index in [2.05, 4.69) is 0 Å². The van der Waals surface area contributed by atoms with Gasteiger partial charge >= 0.3 is 5.97 Å². The number of ether oxygens (including phenoxy) is 2. The number of nitrogens with two attached hydrogens (primary N) is 1. The highest BCUT2D eigenvalue weighted by Crippen LogP contribution is 2.43. The molecule has 0 saturated carbocycles. The molecule has 41 heavy (non-hydrogen) atoms. The third kappa shape index (κ3) is 6.33. The molecule has 2 aliphatic rings. The lowest BCUT2D eigenvalue weighted by Gasteiger charge is -2.30. The summed E-state index contributed by atoms with van der Waals surface area (Å²) in [6, 6.07) is 10.5. The van der Waals surface area contributed by atoms with E-state index in [-0.39, 0.29) is 18.4 Å². The van der Waals surface area contributed by atoms with Gasteiger partial charge in [0.25, 0.3) is 5.91 Å². The molecule has 0 bridgehead atoms. The normalized spacial score (nSPS) is 19.4. The number of morpholine rings is 1. The number of rotatable bonds is 10. The Morgan fingerprint density at radius 3 is 2.51 bits per heavy atom. The van der Waals surface area contributed by atoms with Gasteiger partial charge in [0.1, 0.15) is 16.8 Å². The first-order chi connectivity index (χ1) is 19.9. The van der Waals surface area contributed by atoms with Crippen molar-refractivity contribution < 1.29 is 29.0 Å². The molecule has 2 unspecified atom stereocenters. The number of aromatic nitrogens is 2. The minimum Gasteiger partial charge on any atom is -0.492 e. The van der Waals surface area contributed by atoms with Gasteiger partial charge < -0.3 is 25.2 Å². The highest BCUT2D eigenvalue weighted by atomic mass is 32.2. The number of methoxy groups -OCH3 is 1. The van der Waals surface area contributed by atoms with Crippen molar-refractivity contribution in [2.75, 3.05) is 46.5 Å². The first-order valence-corrected chi connectivity index (χ1v) is 15.3. The van der Waals surface area contributed by atoms with Crippen LogP contribution in [0.15, 0.2) is 46.8 Å². The second-order valence-electron chi connectivity index (χ2n) is 9.87. The fraction of sp³-hybridized carbons (Fsp3) is 0.429. The number of carboxylic acid groups (broad SMARTS) is 1. The number of likely N-dealkylation sites (tertiary alicyclic amines) is 1. The Labute approximate surface area is 246 Å². The number of thiophene rings is 1. The molecule has 0 radical (unpaired) electrons. The van der Waals surface area contributed by atoms with E-state index in [9.17, 15) is 19.5 Å². The third-order valence-electron chi connectivity index (χ3n) is 7.40. The zero-order chi connectivity index (χ0) is 28.9. The van der Waals surface area contributed by atoms with Gasteiger partial charge in [-0.1, -0.05) is 42.1 Å². The van der Waals surface area contributed by atoms with Crippen LogP contribution in [0.5, 0.6) is 5.75 Å². The van der Waals surface area contributed by atoms with Crippen molar-refractivity contribution in [2.45, 2.75) is 35.7 Å². The zero-order valence-electron chi connectivity index (χ0n) is 22.7. The van der Waals surface area contributed by atoms with Gasteiger partial charge in [0.05, 0.1) is 31.7 Å². The second kappa shape index (κ2) is 13.2. The summed E-state index contributed by atoms with van der Waals surface area (Å²) in [5, 5.41) is 17.3. The van der Waals surface area contributed by atoms with Gasteiger partial charge in [-0.3, -0.25) is 19.3 Å². The molecule has 5 rings (SSSR count). The molecule has 3 aromatic rings. The van der Waals surface area contributed by atoms with Crippen LogP contribution in [-0.2, 0) is 26.6 Å². The molecule has 13 heteroatoms. The fourth-order valence-electron chi connectivity index (χ4n) is 5.27. The average molecular weight is 600 g/mol. The van der Waals surface area contributed by atoms with Crippen LogP contribution >= 0.6 is 23.1 Å².